The average molecular weight is 167 g/mol. The molecule has 0 aromatic carbocycles. The molecule has 0 aromatic rings. The number of carbonyl (C=O) groups excluding carboxylic acids is 1. The molecule has 1 amide bonds. The number of amides is 1. The summed E-state index contributed by atoms with van der Waals surface area (Å²) < 4.78 is 0. The Morgan fingerprint density at radius 2 is 1.83 bits per heavy atom. The molecule has 0 unspecified atom stereocenters. The number of hydrogen-bond donors (Lipinski definition) is 0. The topological polar surface area (TPSA) is 20.3 Å². The highest BCUT2D eigenvalue weighted by molar-refractivity contribution is 5.83. The van der Waals surface area contributed by atoms with Crippen LogP contribution < -0.4 is 0 Å². The molecule has 2 nitrogen and oxygen atoms in total. The molecule has 0 bridgehead atoms. The van der Waals surface area contributed by atoms with E-state index in [2.05, 4.69) is 0 Å². The highest BCUT2D eigenvalue weighted by Gasteiger charge is 2.45. The molecule has 1 heterocycles. The van der Waals surface area contributed by atoms with Gasteiger partial charge in [-0.3, -0.25) is 4.79 Å². The van der Waals surface area contributed by atoms with Crippen molar-refractivity contribution in [1.29, 1.82) is 0 Å². The van der Waals surface area contributed by atoms with Crippen molar-refractivity contribution in [1.82, 2.24) is 4.90 Å². The van der Waals surface area contributed by atoms with Gasteiger partial charge in [0.25, 0.3) is 0 Å². The minimum Gasteiger partial charge on any atom is -0.345 e. The molecule has 1 saturated heterocycles. The van der Waals surface area contributed by atoms with E-state index < -0.39 is 0 Å². The van der Waals surface area contributed by atoms with E-state index in [-0.39, 0.29) is 5.41 Å². The first-order valence-corrected chi connectivity index (χ1v) is 5.00. The third-order valence-electron chi connectivity index (χ3n) is 3.51. The lowest BCUT2D eigenvalue weighted by Crippen LogP contribution is -2.44. The fourth-order valence-corrected chi connectivity index (χ4v) is 2.49. The van der Waals surface area contributed by atoms with Crippen molar-refractivity contribution in [3.63, 3.8) is 0 Å². The molecule has 2 fully saturated rings. The lowest BCUT2D eigenvalue weighted by atomic mass is 9.65. The molecule has 2 aliphatic rings. The summed E-state index contributed by atoms with van der Waals surface area (Å²) in [5, 5.41) is 0. The van der Waals surface area contributed by atoms with Crippen LogP contribution in [0.15, 0.2) is 0 Å². The van der Waals surface area contributed by atoms with E-state index in [0.717, 1.165) is 25.8 Å². The summed E-state index contributed by atoms with van der Waals surface area (Å²) in [5.74, 6) is 0.422. The molecule has 12 heavy (non-hydrogen) atoms. The Morgan fingerprint density at radius 3 is 2.42 bits per heavy atom. The number of nitrogens with zero attached hydrogens (tertiary/aromatic N) is 1. The maximum Gasteiger partial charge on any atom is 0.228 e. The Bertz CT molecular complexity index is 196. The van der Waals surface area contributed by atoms with Gasteiger partial charge in [0.2, 0.25) is 5.91 Å². The predicted octanol–water partition coefficient (Wildman–Crippen LogP) is 1.80. The molecule has 0 aromatic heterocycles. The molecule has 1 aliphatic heterocycles. The summed E-state index contributed by atoms with van der Waals surface area (Å²) in [4.78, 5) is 13.8. The summed E-state index contributed by atoms with van der Waals surface area (Å²) in [7, 11) is 1.95. The van der Waals surface area contributed by atoms with Crippen molar-refractivity contribution in [2.24, 2.45) is 5.41 Å². The molecule has 1 aliphatic carbocycles. The second kappa shape index (κ2) is 2.75. The first kappa shape index (κ1) is 8.09. The van der Waals surface area contributed by atoms with Gasteiger partial charge in [0, 0.05) is 19.0 Å². The van der Waals surface area contributed by atoms with Gasteiger partial charge < -0.3 is 4.90 Å². The average Bonchev–Trinajstić information content (AvgIpc) is 2.12. The van der Waals surface area contributed by atoms with E-state index in [1.165, 1.54) is 19.3 Å². The van der Waals surface area contributed by atoms with Crippen molar-refractivity contribution in [2.75, 3.05) is 13.6 Å². The summed E-state index contributed by atoms with van der Waals surface area (Å²) in [6, 6.07) is 0. The van der Waals surface area contributed by atoms with Crippen molar-refractivity contribution in [3.8, 4) is 0 Å². The van der Waals surface area contributed by atoms with Gasteiger partial charge in [-0.1, -0.05) is 12.8 Å². The quantitative estimate of drug-likeness (QED) is 0.538. The van der Waals surface area contributed by atoms with Crippen LogP contribution >= 0.6 is 0 Å². The third kappa shape index (κ3) is 1.05. The number of likely N-dealkylation sites (tertiary alicyclic amines) is 1. The van der Waals surface area contributed by atoms with Crippen LogP contribution in [0.1, 0.15) is 38.5 Å². The number of hydrogen-bond acceptors (Lipinski definition) is 1. The lowest BCUT2D eigenvalue weighted by Gasteiger charge is -2.41. The van der Waals surface area contributed by atoms with E-state index in [4.69, 9.17) is 0 Å². The molecular weight excluding hydrogens is 150 g/mol. The van der Waals surface area contributed by atoms with Crippen molar-refractivity contribution in [2.45, 2.75) is 38.5 Å². The molecular formula is C10H17NO. The van der Waals surface area contributed by atoms with Crippen molar-refractivity contribution >= 4 is 5.91 Å². The fourth-order valence-electron chi connectivity index (χ4n) is 2.49. The van der Waals surface area contributed by atoms with Crippen molar-refractivity contribution in [3.05, 3.63) is 0 Å². The van der Waals surface area contributed by atoms with E-state index in [1.807, 2.05) is 11.9 Å². The normalized spacial score (nSPS) is 28.4. The second-order valence-electron chi connectivity index (χ2n) is 4.32. The second-order valence-corrected chi connectivity index (χ2v) is 4.32. The smallest absolute Gasteiger partial charge is 0.228 e. The van der Waals surface area contributed by atoms with Gasteiger partial charge in [0.05, 0.1) is 0 Å². The molecule has 1 spiro atoms. The summed E-state index contributed by atoms with van der Waals surface area (Å²) in [6.07, 6.45) is 7.15. The fraction of sp³-hybridized carbons (Fsp3) is 0.900. The lowest BCUT2D eigenvalue weighted by molar-refractivity contribution is -0.145. The largest absolute Gasteiger partial charge is 0.345 e. The number of rotatable bonds is 0. The Morgan fingerprint density at radius 1 is 1.17 bits per heavy atom. The number of carbonyl (C=O) groups is 1. The molecule has 2 rings (SSSR count). The molecule has 2 heteroatoms. The Labute approximate surface area is 73.9 Å². The summed E-state index contributed by atoms with van der Waals surface area (Å²) in [6.45, 7) is 0.973. The van der Waals surface area contributed by atoms with E-state index in [1.54, 1.807) is 0 Å². The van der Waals surface area contributed by atoms with E-state index in [0.29, 0.717) is 5.91 Å². The minimum atomic E-state index is 0.102. The zero-order valence-corrected chi connectivity index (χ0v) is 7.81. The van der Waals surface area contributed by atoms with Crippen LogP contribution in [-0.4, -0.2) is 24.4 Å². The van der Waals surface area contributed by atoms with Crippen LogP contribution in [0.3, 0.4) is 0 Å². The zero-order chi connectivity index (χ0) is 8.60. The summed E-state index contributed by atoms with van der Waals surface area (Å²) >= 11 is 0. The van der Waals surface area contributed by atoms with Crippen LogP contribution in [0, 0.1) is 5.41 Å². The Hall–Kier alpha value is -0.530. The minimum absolute atomic E-state index is 0.102. The molecule has 0 atom stereocenters. The highest BCUT2D eigenvalue weighted by Crippen LogP contribution is 2.47. The van der Waals surface area contributed by atoms with Gasteiger partial charge in [0.1, 0.15) is 0 Å². The first-order valence-electron chi connectivity index (χ1n) is 5.00. The van der Waals surface area contributed by atoms with Crippen LogP contribution in [0.25, 0.3) is 0 Å². The SMILES string of the molecule is CN1CCCCC2(CCC2)C1=O. The first-order chi connectivity index (χ1) is 5.75. The van der Waals surface area contributed by atoms with Crippen LogP contribution in [-0.2, 0) is 4.79 Å². The molecule has 1 saturated carbocycles. The van der Waals surface area contributed by atoms with Gasteiger partial charge in [-0.2, -0.15) is 0 Å². The third-order valence-corrected chi connectivity index (χ3v) is 3.51. The molecule has 0 N–H and O–H groups in total. The predicted molar refractivity (Wildman–Crippen MR) is 47.8 cm³/mol. The monoisotopic (exact) mass is 167 g/mol. The van der Waals surface area contributed by atoms with Gasteiger partial charge >= 0.3 is 0 Å². The van der Waals surface area contributed by atoms with Gasteiger partial charge in [-0.25, -0.2) is 0 Å². The summed E-state index contributed by atoms with van der Waals surface area (Å²) in [5.41, 5.74) is 0.102. The van der Waals surface area contributed by atoms with Gasteiger partial charge in [-0.05, 0) is 25.7 Å². The van der Waals surface area contributed by atoms with Crippen LogP contribution in [0.2, 0.25) is 0 Å². The van der Waals surface area contributed by atoms with E-state index in [9.17, 15) is 4.79 Å². The van der Waals surface area contributed by atoms with Crippen molar-refractivity contribution < 1.29 is 4.79 Å². The molecule has 68 valence electrons. The standard InChI is InChI=1S/C10H17NO/c1-11-8-3-2-5-10(9(11)12)6-4-7-10/h2-8H2,1H3. The van der Waals surface area contributed by atoms with Crippen LogP contribution in [0.5, 0.6) is 0 Å². The van der Waals surface area contributed by atoms with Crippen LogP contribution in [0.4, 0.5) is 0 Å². The Kier molecular flexibility index (Phi) is 1.85. The Balaban J connectivity index is 2.15. The maximum atomic E-state index is 11.9. The highest BCUT2D eigenvalue weighted by atomic mass is 16.2. The van der Waals surface area contributed by atoms with Gasteiger partial charge in [-0.15, -0.1) is 0 Å². The van der Waals surface area contributed by atoms with E-state index >= 15 is 0 Å². The molecule has 0 radical (unpaired) electrons. The van der Waals surface area contributed by atoms with Gasteiger partial charge in [0.15, 0.2) is 0 Å². The maximum absolute atomic E-state index is 11.9. The zero-order valence-electron chi connectivity index (χ0n) is 7.81.